The summed E-state index contributed by atoms with van der Waals surface area (Å²) in [7, 11) is 0. The monoisotopic (exact) mass is 285 g/mol. The van der Waals surface area contributed by atoms with Crippen molar-refractivity contribution in [1.82, 2.24) is 10.2 Å². The molecule has 106 valence electrons. The van der Waals surface area contributed by atoms with Crippen molar-refractivity contribution in [2.24, 2.45) is 0 Å². The molecule has 0 aliphatic heterocycles. The van der Waals surface area contributed by atoms with Crippen LogP contribution in [0.1, 0.15) is 16.3 Å². The maximum atomic E-state index is 10.7. The summed E-state index contributed by atoms with van der Waals surface area (Å²) in [6.07, 6.45) is 1.27. The van der Waals surface area contributed by atoms with Crippen LogP contribution in [0.3, 0.4) is 0 Å². The van der Waals surface area contributed by atoms with Crippen LogP contribution in [0, 0.1) is 0 Å². The Morgan fingerprint density at radius 3 is 2.90 bits per heavy atom. The zero-order valence-corrected chi connectivity index (χ0v) is 10.8. The van der Waals surface area contributed by atoms with Crippen molar-refractivity contribution in [3.8, 4) is 11.5 Å². The van der Waals surface area contributed by atoms with E-state index in [1.54, 1.807) is 6.07 Å². The first-order valence-corrected chi connectivity index (χ1v) is 6.15. The summed E-state index contributed by atoms with van der Waals surface area (Å²) in [4.78, 5) is 10.7. The lowest BCUT2D eigenvalue weighted by Crippen LogP contribution is -1.98. The zero-order chi connectivity index (χ0) is 14.7. The third kappa shape index (κ3) is 2.92. The van der Waals surface area contributed by atoms with E-state index >= 15 is 0 Å². The van der Waals surface area contributed by atoms with Gasteiger partial charge in [-0.15, -0.1) is 10.2 Å². The molecule has 2 heterocycles. The highest BCUT2D eigenvalue weighted by molar-refractivity contribution is 5.84. The number of benzene rings is 1. The lowest BCUT2D eigenvalue weighted by atomic mass is 10.2. The van der Waals surface area contributed by atoms with Crippen molar-refractivity contribution in [3.05, 3.63) is 54.3 Å². The van der Waals surface area contributed by atoms with Crippen LogP contribution in [-0.2, 0) is 6.54 Å². The first-order chi connectivity index (χ1) is 10.2. The maximum absolute atomic E-state index is 10.7. The number of nitrogens with zero attached hydrogens (tertiary/aromatic N) is 2. The van der Waals surface area contributed by atoms with E-state index in [0.29, 0.717) is 18.2 Å². The molecule has 2 N–H and O–H groups in total. The Hall–Kier alpha value is -3.09. The van der Waals surface area contributed by atoms with Crippen LogP contribution in [-0.4, -0.2) is 21.3 Å². The normalized spacial score (nSPS) is 10.5. The minimum atomic E-state index is -1.08. The van der Waals surface area contributed by atoms with E-state index in [1.807, 2.05) is 24.3 Å². The Labute approximate surface area is 119 Å². The molecule has 0 aliphatic rings. The molecule has 0 saturated carbocycles. The summed E-state index contributed by atoms with van der Waals surface area (Å²) >= 11 is 0. The first kappa shape index (κ1) is 12.9. The Balaban J connectivity index is 1.70. The molecular weight excluding hydrogens is 274 g/mol. The molecule has 1 aromatic carbocycles. The molecule has 2 aromatic heterocycles. The summed E-state index contributed by atoms with van der Waals surface area (Å²) in [5, 5.41) is 19.4. The Morgan fingerprint density at radius 2 is 2.19 bits per heavy atom. The van der Waals surface area contributed by atoms with Crippen molar-refractivity contribution < 1.29 is 18.7 Å². The molecule has 0 fully saturated rings. The third-order valence-electron chi connectivity index (χ3n) is 2.81. The van der Waals surface area contributed by atoms with Crippen molar-refractivity contribution in [1.29, 1.82) is 0 Å². The maximum Gasteiger partial charge on any atom is 0.371 e. The Bertz CT molecular complexity index is 749. The van der Waals surface area contributed by atoms with E-state index in [0.717, 1.165) is 11.3 Å². The highest BCUT2D eigenvalue weighted by atomic mass is 16.4. The number of anilines is 1. The highest BCUT2D eigenvalue weighted by Crippen LogP contribution is 2.21. The van der Waals surface area contributed by atoms with Crippen LogP contribution in [0.4, 0.5) is 5.69 Å². The van der Waals surface area contributed by atoms with Gasteiger partial charge < -0.3 is 19.3 Å². The number of carboxylic acid groups (broad SMARTS) is 1. The average Bonchev–Trinajstić information content (AvgIpc) is 3.17. The van der Waals surface area contributed by atoms with Gasteiger partial charge in [-0.2, -0.15) is 0 Å². The second-order valence-electron chi connectivity index (χ2n) is 4.25. The van der Waals surface area contributed by atoms with Gasteiger partial charge >= 0.3 is 5.97 Å². The predicted molar refractivity (Wildman–Crippen MR) is 72.7 cm³/mol. The number of nitrogens with one attached hydrogen (secondary N) is 1. The molecule has 0 bridgehead atoms. The molecule has 3 rings (SSSR count). The summed E-state index contributed by atoms with van der Waals surface area (Å²) in [5.41, 5.74) is 1.63. The van der Waals surface area contributed by atoms with Crippen LogP contribution in [0.25, 0.3) is 11.5 Å². The number of carboxylic acids is 1. The van der Waals surface area contributed by atoms with Crippen molar-refractivity contribution in [2.75, 3.05) is 5.32 Å². The fourth-order valence-electron chi connectivity index (χ4n) is 1.84. The van der Waals surface area contributed by atoms with Gasteiger partial charge in [0.15, 0.2) is 0 Å². The summed E-state index contributed by atoms with van der Waals surface area (Å²) in [6.45, 7) is 0.376. The fraction of sp³-hybridized carbons (Fsp3) is 0.0714. The molecule has 0 radical (unpaired) electrons. The van der Waals surface area contributed by atoms with Gasteiger partial charge in [-0.3, -0.25) is 0 Å². The summed E-state index contributed by atoms with van der Waals surface area (Å²) in [5.74, 6) is -0.188. The number of rotatable bonds is 5. The number of aromatic carboxylic acids is 1. The van der Waals surface area contributed by atoms with E-state index in [1.165, 1.54) is 12.5 Å². The molecule has 0 spiro atoms. The third-order valence-corrected chi connectivity index (χ3v) is 2.81. The number of hydrogen-bond donors (Lipinski definition) is 2. The van der Waals surface area contributed by atoms with Crippen LogP contribution < -0.4 is 5.32 Å². The molecule has 0 amide bonds. The van der Waals surface area contributed by atoms with E-state index < -0.39 is 5.97 Å². The van der Waals surface area contributed by atoms with Gasteiger partial charge in [0.2, 0.25) is 18.0 Å². The van der Waals surface area contributed by atoms with Crippen LogP contribution in [0.15, 0.2) is 51.6 Å². The fourth-order valence-corrected chi connectivity index (χ4v) is 1.84. The molecule has 0 saturated heterocycles. The molecule has 0 unspecified atom stereocenters. The second kappa shape index (κ2) is 5.49. The minimum Gasteiger partial charge on any atom is -0.475 e. The average molecular weight is 285 g/mol. The Kier molecular flexibility index (Phi) is 3.38. The quantitative estimate of drug-likeness (QED) is 0.742. The Morgan fingerprint density at radius 1 is 1.29 bits per heavy atom. The van der Waals surface area contributed by atoms with Crippen LogP contribution in [0.5, 0.6) is 0 Å². The van der Waals surface area contributed by atoms with Gasteiger partial charge in [-0.1, -0.05) is 6.07 Å². The lowest BCUT2D eigenvalue weighted by Gasteiger charge is -2.05. The topological polar surface area (TPSA) is 101 Å². The van der Waals surface area contributed by atoms with Gasteiger partial charge in [-0.05, 0) is 30.3 Å². The van der Waals surface area contributed by atoms with Crippen molar-refractivity contribution >= 4 is 11.7 Å². The number of furan rings is 1. The van der Waals surface area contributed by atoms with E-state index in [9.17, 15) is 4.79 Å². The van der Waals surface area contributed by atoms with Gasteiger partial charge in [-0.25, -0.2) is 4.79 Å². The molecular formula is C14H11N3O4. The lowest BCUT2D eigenvalue weighted by molar-refractivity contribution is 0.0660. The number of aromatic nitrogens is 2. The SMILES string of the molecule is O=C(O)c1ccc(CNc2cccc(-c3nnco3)c2)o1. The van der Waals surface area contributed by atoms with Gasteiger partial charge in [0.1, 0.15) is 5.76 Å². The molecule has 7 nitrogen and oxygen atoms in total. The largest absolute Gasteiger partial charge is 0.475 e. The van der Waals surface area contributed by atoms with Crippen LogP contribution in [0.2, 0.25) is 0 Å². The predicted octanol–water partition coefficient (Wildman–Crippen LogP) is 2.64. The first-order valence-electron chi connectivity index (χ1n) is 6.15. The minimum absolute atomic E-state index is 0.0774. The van der Waals surface area contributed by atoms with Crippen molar-refractivity contribution in [2.45, 2.75) is 6.54 Å². The van der Waals surface area contributed by atoms with Crippen LogP contribution >= 0.6 is 0 Å². The summed E-state index contributed by atoms with van der Waals surface area (Å²) < 4.78 is 10.3. The van der Waals surface area contributed by atoms with E-state index in [2.05, 4.69) is 15.5 Å². The van der Waals surface area contributed by atoms with Gasteiger partial charge in [0.25, 0.3) is 0 Å². The smallest absolute Gasteiger partial charge is 0.371 e. The van der Waals surface area contributed by atoms with Gasteiger partial charge in [0, 0.05) is 11.3 Å². The molecule has 7 heteroatoms. The number of carbonyl (C=O) groups is 1. The van der Waals surface area contributed by atoms with E-state index in [4.69, 9.17) is 13.9 Å². The second-order valence-corrected chi connectivity index (χ2v) is 4.25. The molecule has 21 heavy (non-hydrogen) atoms. The molecule has 0 atom stereocenters. The standard InChI is InChI=1S/C14H11N3O4/c18-14(19)12-5-4-11(21-12)7-15-10-3-1-2-9(6-10)13-17-16-8-20-13/h1-6,8,15H,7H2,(H,18,19). The number of hydrogen-bond acceptors (Lipinski definition) is 6. The summed E-state index contributed by atoms with van der Waals surface area (Å²) in [6, 6.07) is 10.5. The molecule has 3 aromatic rings. The zero-order valence-electron chi connectivity index (χ0n) is 10.8. The highest BCUT2D eigenvalue weighted by Gasteiger charge is 2.09. The van der Waals surface area contributed by atoms with E-state index in [-0.39, 0.29) is 5.76 Å². The van der Waals surface area contributed by atoms with Gasteiger partial charge in [0.05, 0.1) is 6.54 Å². The molecule has 0 aliphatic carbocycles. The van der Waals surface area contributed by atoms with Crippen molar-refractivity contribution in [3.63, 3.8) is 0 Å².